The number of aromatic amines is 1. The first-order valence-electron chi connectivity index (χ1n) is 9.89. The number of benzene rings is 3. The number of ether oxygens (including phenoxy) is 1. The average Bonchev–Trinajstić information content (AvgIpc) is 3.35. The molecule has 2 heterocycles. The normalized spacial score (nSPS) is 14.9. The zero-order valence-electron chi connectivity index (χ0n) is 15.7. The van der Waals surface area contributed by atoms with Crippen molar-refractivity contribution < 1.29 is 4.74 Å². The number of nitrogens with one attached hydrogen (secondary N) is 1. The predicted molar refractivity (Wildman–Crippen MR) is 119 cm³/mol. The number of hydrogen-bond donors (Lipinski definition) is 1. The second-order valence-electron chi connectivity index (χ2n) is 7.58. The maximum absolute atomic E-state index is 6.24. The Morgan fingerprint density at radius 1 is 0.893 bits per heavy atom. The van der Waals surface area contributed by atoms with Gasteiger partial charge in [0.05, 0.1) is 5.52 Å². The molecule has 0 aliphatic carbocycles. The van der Waals surface area contributed by atoms with Crippen LogP contribution in [0.2, 0.25) is 0 Å². The highest BCUT2D eigenvalue weighted by atomic mass is 79.9. The van der Waals surface area contributed by atoms with E-state index >= 15 is 0 Å². The van der Waals surface area contributed by atoms with Crippen molar-refractivity contribution in [3.05, 3.63) is 76.3 Å². The standard InChI is InChI=1S/C24H23BrN2O/c25-19-10-11-21-20(14-19)24-22(26-21)4-3-5-23(24)28-16-18-8-6-17(7-9-18)15-27-12-1-2-13-27/h3-11,14,26H,1-2,12-13,15-16H2. The quantitative estimate of drug-likeness (QED) is 0.401. The van der Waals surface area contributed by atoms with Gasteiger partial charge in [-0.05, 0) is 67.4 Å². The molecule has 1 aliphatic heterocycles. The summed E-state index contributed by atoms with van der Waals surface area (Å²) in [6.45, 7) is 4.10. The largest absolute Gasteiger partial charge is 0.488 e. The predicted octanol–water partition coefficient (Wildman–Crippen LogP) is 6.26. The monoisotopic (exact) mass is 434 g/mol. The molecule has 0 spiro atoms. The van der Waals surface area contributed by atoms with Crippen LogP contribution in [-0.4, -0.2) is 23.0 Å². The van der Waals surface area contributed by atoms with Gasteiger partial charge in [0.2, 0.25) is 0 Å². The Labute approximate surface area is 173 Å². The topological polar surface area (TPSA) is 28.3 Å². The lowest BCUT2D eigenvalue weighted by atomic mass is 10.1. The van der Waals surface area contributed by atoms with Crippen molar-refractivity contribution in [3.8, 4) is 5.75 Å². The van der Waals surface area contributed by atoms with Gasteiger partial charge in [0.25, 0.3) is 0 Å². The number of fused-ring (bicyclic) bond motifs is 3. The molecular formula is C24H23BrN2O. The lowest BCUT2D eigenvalue weighted by Crippen LogP contribution is -2.18. The summed E-state index contributed by atoms with van der Waals surface area (Å²) in [4.78, 5) is 6.01. The highest BCUT2D eigenvalue weighted by Crippen LogP contribution is 2.34. The van der Waals surface area contributed by atoms with Crippen LogP contribution in [0.15, 0.2) is 65.1 Å². The van der Waals surface area contributed by atoms with E-state index in [1.54, 1.807) is 0 Å². The second kappa shape index (κ2) is 7.61. The first-order valence-corrected chi connectivity index (χ1v) is 10.7. The van der Waals surface area contributed by atoms with Crippen LogP contribution >= 0.6 is 15.9 Å². The van der Waals surface area contributed by atoms with Crippen LogP contribution < -0.4 is 4.74 Å². The molecular weight excluding hydrogens is 412 g/mol. The maximum atomic E-state index is 6.24. The Kier molecular flexibility index (Phi) is 4.83. The highest BCUT2D eigenvalue weighted by molar-refractivity contribution is 9.10. The average molecular weight is 435 g/mol. The van der Waals surface area contributed by atoms with Gasteiger partial charge >= 0.3 is 0 Å². The molecule has 0 radical (unpaired) electrons. The Bertz CT molecular complexity index is 1110. The molecule has 3 aromatic carbocycles. The smallest absolute Gasteiger partial charge is 0.129 e. The SMILES string of the molecule is Brc1ccc2[nH]c3cccc(OCc4ccc(CN5CCCC5)cc4)c3c2c1. The third kappa shape index (κ3) is 3.54. The fourth-order valence-corrected chi connectivity index (χ4v) is 4.47. The molecule has 3 nitrogen and oxygen atoms in total. The number of hydrogen-bond acceptors (Lipinski definition) is 2. The molecule has 142 valence electrons. The van der Waals surface area contributed by atoms with Crippen LogP contribution in [0.4, 0.5) is 0 Å². The fourth-order valence-electron chi connectivity index (χ4n) is 4.11. The summed E-state index contributed by atoms with van der Waals surface area (Å²) in [5.41, 5.74) is 4.81. The molecule has 0 saturated carbocycles. The summed E-state index contributed by atoms with van der Waals surface area (Å²) >= 11 is 3.58. The van der Waals surface area contributed by atoms with Crippen LogP contribution in [0.1, 0.15) is 24.0 Å². The van der Waals surface area contributed by atoms with Crippen molar-refractivity contribution in [1.82, 2.24) is 9.88 Å². The van der Waals surface area contributed by atoms with Gasteiger partial charge in [0.15, 0.2) is 0 Å². The molecule has 1 aliphatic rings. The van der Waals surface area contributed by atoms with Gasteiger partial charge < -0.3 is 9.72 Å². The Morgan fingerprint density at radius 3 is 2.50 bits per heavy atom. The Morgan fingerprint density at radius 2 is 1.68 bits per heavy atom. The molecule has 0 atom stereocenters. The van der Waals surface area contributed by atoms with Crippen molar-refractivity contribution in [1.29, 1.82) is 0 Å². The lowest BCUT2D eigenvalue weighted by Gasteiger charge is -2.15. The van der Waals surface area contributed by atoms with Crippen LogP contribution in [-0.2, 0) is 13.2 Å². The van der Waals surface area contributed by atoms with Crippen LogP contribution in [0.5, 0.6) is 5.75 Å². The third-order valence-corrected chi connectivity index (χ3v) is 6.06. The Hall–Kier alpha value is -2.30. The van der Waals surface area contributed by atoms with Crippen molar-refractivity contribution in [2.75, 3.05) is 13.1 Å². The molecule has 0 unspecified atom stereocenters. The van der Waals surface area contributed by atoms with Crippen molar-refractivity contribution in [3.63, 3.8) is 0 Å². The number of likely N-dealkylation sites (tertiary alicyclic amines) is 1. The first kappa shape index (κ1) is 17.8. The lowest BCUT2D eigenvalue weighted by molar-refractivity contribution is 0.310. The van der Waals surface area contributed by atoms with Gasteiger partial charge in [-0.2, -0.15) is 0 Å². The Balaban J connectivity index is 1.35. The van der Waals surface area contributed by atoms with E-state index in [4.69, 9.17) is 4.74 Å². The molecule has 4 heteroatoms. The summed E-state index contributed by atoms with van der Waals surface area (Å²) in [6, 6.07) is 21.4. The van der Waals surface area contributed by atoms with Crippen LogP contribution in [0.3, 0.4) is 0 Å². The van der Waals surface area contributed by atoms with E-state index < -0.39 is 0 Å². The van der Waals surface area contributed by atoms with E-state index in [9.17, 15) is 0 Å². The molecule has 5 rings (SSSR count). The molecule has 1 saturated heterocycles. The van der Waals surface area contributed by atoms with Crippen molar-refractivity contribution in [2.24, 2.45) is 0 Å². The van der Waals surface area contributed by atoms with E-state index in [-0.39, 0.29) is 0 Å². The van der Waals surface area contributed by atoms with Crippen molar-refractivity contribution >= 4 is 37.7 Å². The summed E-state index contributed by atoms with van der Waals surface area (Å²) in [5.74, 6) is 0.919. The molecule has 1 N–H and O–H groups in total. The van der Waals surface area contributed by atoms with E-state index in [0.717, 1.165) is 33.2 Å². The van der Waals surface area contributed by atoms with E-state index in [1.807, 2.05) is 6.07 Å². The van der Waals surface area contributed by atoms with Crippen LogP contribution in [0, 0.1) is 0 Å². The van der Waals surface area contributed by atoms with E-state index in [2.05, 4.69) is 80.4 Å². The second-order valence-corrected chi connectivity index (χ2v) is 8.50. The number of halogens is 1. The minimum Gasteiger partial charge on any atom is -0.488 e. The van der Waals surface area contributed by atoms with Gasteiger partial charge in [-0.1, -0.05) is 46.3 Å². The fraction of sp³-hybridized carbons (Fsp3) is 0.250. The molecule has 0 amide bonds. The minimum atomic E-state index is 0.573. The third-order valence-electron chi connectivity index (χ3n) is 5.57. The molecule has 4 aromatic rings. The number of rotatable bonds is 5. The molecule has 0 bridgehead atoms. The summed E-state index contributed by atoms with van der Waals surface area (Å²) in [7, 11) is 0. The van der Waals surface area contributed by atoms with Gasteiger partial charge in [-0.15, -0.1) is 0 Å². The number of nitrogens with zero attached hydrogens (tertiary/aromatic N) is 1. The number of H-pyrrole nitrogens is 1. The van der Waals surface area contributed by atoms with E-state index in [1.165, 1.54) is 42.4 Å². The van der Waals surface area contributed by atoms with E-state index in [0.29, 0.717) is 6.61 Å². The van der Waals surface area contributed by atoms with Crippen LogP contribution in [0.25, 0.3) is 21.8 Å². The van der Waals surface area contributed by atoms with Gasteiger partial charge in [-0.3, -0.25) is 4.90 Å². The zero-order valence-corrected chi connectivity index (χ0v) is 17.3. The molecule has 1 fully saturated rings. The number of aromatic nitrogens is 1. The van der Waals surface area contributed by atoms with Crippen molar-refractivity contribution in [2.45, 2.75) is 26.0 Å². The minimum absolute atomic E-state index is 0.573. The first-order chi connectivity index (χ1) is 13.8. The zero-order chi connectivity index (χ0) is 18.9. The molecule has 1 aromatic heterocycles. The van der Waals surface area contributed by atoms with Gasteiger partial charge in [0, 0.05) is 27.3 Å². The van der Waals surface area contributed by atoms with Gasteiger partial charge in [-0.25, -0.2) is 0 Å². The summed E-state index contributed by atoms with van der Waals surface area (Å²) in [6.07, 6.45) is 2.67. The molecule has 28 heavy (non-hydrogen) atoms. The summed E-state index contributed by atoms with van der Waals surface area (Å²) < 4.78 is 7.31. The maximum Gasteiger partial charge on any atom is 0.129 e. The highest BCUT2D eigenvalue weighted by Gasteiger charge is 2.12. The van der Waals surface area contributed by atoms with Gasteiger partial charge in [0.1, 0.15) is 12.4 Å². The summed E-state index contributed by atoms with van der Waals surface area (Å²) in [5, 5.41) is 2.32.